The van der Waals surface area contributed by atoms with E-state index in [2.05, 4.69) is 0 Å². The third-order valence-corrected chi connectivity index (χ3v) is 7.02. The highest BCUT2D eigenvalue weighted by Crippen LogP contribution is 2.64. The zero-order chi connectivity index (χ0) is 18.9. The van der Waals surface area contributed by atoms with Crippen LogP contribution in [0.3, 0.4) is 0 Å². The average molecular weight is 390 g/mol. The summed E-state index contributed by atoms with van der Waals surface area (Å²) in [5, 5.41) is 8.97. The summed E-state index contributed by atoms with van der Waals surface area (Å²) in [6.07, 6.45) is 0. The molecule has 1 saturated carbocycles. The van der Waals surface area contributed by atoms with Crippen molar-refractivity contribution >= 4 is 27.4 Å². The summed E-state index contributed by atoms with van der Waals surface area (Å²) in [6.45, 7) is 1.67. The van der Waals surface area contributed by atoms with Gasteiger partial charge in [-0.15, -0.1) is 0 Å². The molecule has 1 aliphatic carbocycles. The highest BCUT2D eigenvalue weighted by Gasteiger charge is 2.77. The smallest absolute Gasteiger partial charge is 0.328 e. The third kappa shape index (κ3) is 2.77. The van der Waals surface area contributed by atoms with E-state index in [1.165, 1.54) is 12.1 Å². The number of hydrogen-bond donors (Lipinski definition) is 0. The lowest BCUT2D eigenvalue weighted by atomic mass is 10.0. The van der Waals surface area contributed by atoms with Gasteiger partial charge in [0.1, 0.15) is 5.25 Å². The quantitative estimate of drug-likeness (QED) is 0.732. The zero-order valence-corrected chi connectivity index (χ0v) is 15.5. The lowest BCUT2D eigenvalue weighted by molar-refractivity contribution is -0.147. The van der Waals surface area contributed by atoms with Crippen molar-refractivity contribution < 1.29 is 17.9 Å². The van der Waals surface area contributed by atoms with Gasteiger partial charge in [0.05, 0.1) is 17.6 Å². The molecule has 134 valence electrons. The fourth-order valence-electron chi connectivity index (χ4n) is 3.35. The molecule has 0 N–H and O–H groups in total. The molecule has 0 aromatic heterocycles. The summed E-state index contributed by atoms with van der Waals surface area (Å²) < 4.78 is 31.4. The van der Waals surface area contributed by atoms with Crippen LogP contribution in [0.2, 0.25) is 5.02 Å². The van der Waals surface area contributed by atoms with Crippen molar-refractivity contribution in [2.45, 2.75) is 23.0 Å². The molecule has 1 aliphatic rings. The predicted octanol–water partition coefficient (Wildman–Crippen LogP) is 3.35. The topological polar surface area (TPSA) is 84.2 Å². The van der Waals surface area contributed by atoms with E-state index in [1.54, 1.807) is 49.4 Å². The maximum absolute atomic E-state index is 13.2. The fraction of sp³-hybridized carbons (Fsp3) is 0.263. The Balaban J connectivity index is 2.15. The van der Waals surface area contributed by atoms with Gasteiger partial charge in [0, 0.05) is 10.9 Å². The van der Waals surface area contributed by atoms with Gasteiger partial charge in [-0.05, 0) is 36.8 Å². The van der Waals surface area contributed by atoms with Crippen molar-refractivity contribution in [3.05, 3.63) is 65.2 Å². The molecule has 2 aromatic rings. The summed E-state index contributed by atoms with van der Waals surface area (Å²) in [6, 6.07) is 16.3. The summed E-state index contributed by atoms with van der Waals surface area (Å²) in [5.41, 5.74) is -1.26. The van der Waals surface area contributed by atoms with Gasteiger partial charge in [0.25, 0.3) is 0 Å². The Labute approximate surface area is 157 Å². The summed E-state index contributed by atoms with van der Waals surface area (Å²) >= 11 is 6.02. The van der Waals surface area contributed by atoms with E-state index in [4.69, 9.17) is 16.3 Å². The van der Waals surface area contributed by atoms with Gasteiger partial charge >= 0.3 is 5.97 Å². The van der Waals surface area contributed by atoms with E-state index in [9.17, 15) is 18.5 Å². The minimum atomic E-state index is -3.93. The van der Waals surface area contributed by atoms with Crippen LogP contribution in [-0.4, -0.2) is 26.2 Å². The number of benzene rings is 2. The molecule has 2 aromatic carbocycles. The van der Waals surface area contributed by atoms with E-state index in [1.807, 2.05) is 6.07 Å². The van der Waals surface area contributed by atoms with Crippen LogP contribution in [0.5, 0.6) is 0 Å². The third-order valence-electron chi connectivity index (χ3n) is 4.55. The molecule has 0 radical (unpaired) electrons. The number of esters is 1. The van der Waals surface area contributed by atoms with E-state index in [0.29, 0.717) is 10.6 Å². The fourth-order valence-corrected chi connectivity index (χ4v) is 5.81. The van der Waals surface area contributed by atoms with Crippen LogP contribution in [0.25, 0.3) is 0 Å². The zero-order valence-electron chi connectivity index (χ0n) is 13.9. The Bertz CT molecular complexity index is 984. The van der Waals surface area contributed by atoms with Crippen molar-refractivity contribution in [1.29, 1.82) is 5.26 Å². The number of carbonyl (C=O) groups excluding carboxylic acids is 1. The van der Waals surface area contributed by atoms with Crippen molar-refractivity contribution in [1.82, 2.24) is 0 Å². The molecular formula is C19H16ClNO4S. The van der Waals surface area contributed by atoms with E-state index < -0.39 is 32.4 Å². The molecule has 0 amide bonds. The van der Waals surface area contributed by atoms with Gasteiger partial charge in [0.2, 0.25) is 0 Å². The average Bonchev–Trinajstić information content (AvgIpc) is 3.34. The molecule has 1 fully saturated rings. The first-order valence-electron chi connectivity index (χ1n) is 8.02. The number of halogens is 1. The normalized spacial score (nSPS) is 24.5. The highest BCUT2D eigenvalue weighted by atomic mass is 35.5. The first kappa shape index (κ1) is 18.4. The number of carbonyl (C=O) groups is 1. The lowest BCUT2D eigenvalue weighted by Gasteiger charge is -2.09. The van der Waals surface area contributed by atoms with Crippen LogP contribution < -0.4 is 0 Å². The molecule has 3 rings (SSSR count). The minimum Gasteiger partial charge on any atom is -0.465 e. The van der Waals surface area contributed by atoms with E-state index in [-0.39, 0.29) is 11.5 Å². The number of rotatable bonds is 5. The molecule has 0 saturated heterocycles. The van der Waals surface area contributed by atoms with Crippen molar-refractivity contribution in [2.75, 3.05) is 6.61 Å². The SMILES string of the molecule is CCOC(=O)[C@]1(C#N)[C@@H](c2cccc(Cl)c2)[C@@H]1S(=O)(=O)c1ccccc1. The summed E-state index contributed by atoms with van der Waals surface area (Å²) in [7, 11) is -3.93. The second-order valence-electron chi connectivity index (χ2n) is 6.01. The molecule has 3 atom stereocenters. The minimum absolute atomic E-state index is 0.0582. The van der Waals surface area contributed by atoms with Crippen molar-refractivity contribution in [3.8, 4) is 6.07 Å². The first-order valence-corrected chi connectivity index (χ1v) is 9.95. The Morgan fingerprint density at radius 2 is 1.92 bits per heavy atom. The van der Waals surface area contributed by atoms with Crippen LogP contribution in [0.1, 0.15) is 18.4 Å². The Hall–Kier alpha value is -2.36. The Kier molecular flexibility index (Phi) is 4.78. The van der Waals surface area contributed by atoms with Crippen LogP contribution in [-0.2, 0) is 19.4 Å². The molecule has 26 heavy (non-hydrogen) atoms. The van der Waals surface area contributed by atoms with Crippen LogP contribution in [0.4, 0.5) is 0 Å². The standard InChI is InChI=1S/C19H16ClNO4S/c1-2-25-18(22)19(12-21)16(13-7-6-8-14(20)11-13)17(19)26(23,24)15-9-4-3-5-10-15/h3-11,16-17H,2H2,1H3/t16-,17-,19+/m0/s1. The Morgan fingerprint density at radius 1 is 1.23 bits per heavy atom. The Morgan fingerprint density at radius 3 is 2.50 bits per heavy atom. The second kappa shape index (κ2) is 6.75. The van der Waals surface area contributed by atoms with Crippen LogP contribution in [0, 0.1) is 16.7 Å². The molecule has 5 nitrogen and oxygen atoms in total. The molecule has 0 bridgehead atoms. The maximum atomic E-state index is 13.2. The van der Waals surface area contributed by atoms with Crippen molar-refractivity contribution in [2.24, 2.45) is 5.41 Å². The van der Waals surface area contributed by atoms with Gasteiger partial charge < -0.3 is 4.74 Å². The van der Waals surface area contributed by atoms with Gasteiger partial charge in [-0.3, -0.25) is 4.79 Å². The molecule has 0 heterocycles. The van der Waals surface area contributed by atoms with E-state index >= 15 is 0 Å². The first-order chi connectivity index (χ1) is 12.4. The number of nitriles is 1. The monoisotopic (exact) mass is 389 g/mol. The maximum Gasteiger partial charge on any atom is 0.328 e. The van der Waals surface area contributed by atoms with Crippen molar-refractivity contribution in [3.63, 3.8) is 0 Å². The summed E-state index contributed by atoms with van der Waals surface area (Å²) in [5.74, 6) is -1.66. The van der Waals surface area contributed by atoms with Crippen LogP contribution in [0.15, 0.2) is 59.5 Å². The largest absolute Gasteiger partial charge is 0.465 e. The molecule has 0 unspecified atom stereocenters. The van der Waals surface area contributed by atoms with Gasteiger partial charge in [-0.2, -0.15) is 5.26 Å². The van der Waals surface area contributed by atoms with Gasteiger partial charge in [0.15, 0.2) is 15.3 Å². The highest BCUT2D eigenvalue weighted by molar-refractivity contribution is 7.92. The van der Waals surface area contributed by atoms with Gasteiger partial charge in [-0.1, -0.05) is 41.9 Å². The number of ether oxygens (including phenoxy) is 1. The number of nitrogens with zero attached hydrogens (tertiary/aromatic N) is 1. The second-order valence-corrected chi connectivity index (χ2v) is 8.52. The lowest BCUT2D eigenvalue weighted by Crippen LogP contribution is -2.25. The van der Waals surface area contributed by atoms with E-state index in [0.717, 1.165) is 0 Å². The molecule has 0 spiro atoms. The predicted molar refractivity (Wildman–Crippen MR) is 96.3 cm³/mol. The number of hydrogen-bond acceptors (Lipinski definition) is 5. The molecule has 0 aliphatic heterocycles. The summed E-state index contributed by atoms with van der Waals surface area (Å²) in [4.78, 5) is 12.6. The van der Waals surface area contributed by atoms with Gasteiger partial charge in [-0.25, -0.2) is 8.42 Å². The van der Waals surface area contributed by atoms with Crippen LogP contribution >= 0.6 is 11.6 Å². The molecular weight excluding hydrogens is 374 g/mol. The number of sulfone groups is 1. The molecule has 7 heteroatoms.